The molecule has 0 aromatic heterocycles. The number of nitrogens with two attached hydrogens (primary N) is 1. The van der Waals surface area contributed by atoms with E-state index in [0.717, 1.165) is 12.5 Å². The Morgan fingerprint density at radius 2 is 1.92 bits per heavy atom. The molecule has 1 aliphatic carbocycles. The number of nitrogens with zero attached hydrogens (tertiary/aromatic N) is 1. The molecule has 3 nitrogen and oxygen atoms in total. The van der Waals surface area contributed by atoms with Gasteiger partial charge in [-0.15, -0.1) is 0 Å². The van der Waals surface area contributed by atoms with Gasteiger partial charge >= 0.3 is 0 Å². The van der Waals surface area contributed by atoms with Crippen molar-refractivity contribution in [3.05, 3.63) is 0 Å². The predicted octanol–water partition coefficient (Wildman–Crippen LogP) is 1.24. The molecule has 0 radical (unpaired) electrons. The fourth-order valence-electron chi connectivity index (χ4n) is 2.52. The third-order valence-corrected chi connectivity index (χ3v) is 3.27. The lowest BCUT2D eigenvalue weighted by Crippen LogP contribution is -2.47. The van der Waals surface area contributed by atoms with Crippen molar-refractivity contribution in [2.24, 2.45) is 16.6 Å². The first-order valence-corrected chi connectivity index (χ1v) is 5.43. The van der Waals surface area contributed by atoms with Crippen LogP contribution < -0.4 is 11.1 Å². The minimum atomic E-state index is 0.609. The zero-order valence-electron chi connectivity index (χ0n) is 8.13. The molecule has 2 aliphatic rings. The molecule has 1 fully saturated rings. The van der Waals surface area contributed by atoms with Gasteiger partial charge in [-0.25, -0.2) is 0 Å². The SMILES string of the molecule is NC1=NCCC(C2CCCCC2)N1. The van der Waals surface area contributed by atoms with Gasteiger partial charge in [-0.05, 0) is 25.2 Å². The maximum absolute atomic E-state index is 5.67. The van der Waals surface area contributed by atoms with Crippen LogP contribution >= 0.6 is 0 Å². The summed E-state index contributed by atoms with van der Waals surface area (Å²) < 4.78 is 0. The molecule has 1 aliphatic heterocycles. The van der Waals surface area contributed by atoms with Crippen molar-refractivity contribution in [2.75, 3.05) is 6.54 Å². The van der Waals surface area contributed by atoms with Crippen LogP contribution in [0.3, 0.4) is 0 Å². The smallest absolute Gasteiger partial charge is 0.188 e. The molecule has 2 rings (SSSR count). The minimum absolute atomic E-state index is 0.609. The topological polar surface area (TPSA) is 50.4 Å². The number of aliphatic imine (C=N–C) groups is 1. The maximum atomic E-state index is 5.67. The normalized spacial score (nSPS) is 30.8. The summed E-state index contributed by atoms with van der Waals surface area (Å²) in [6.07, 6.45) is 8.16. The van der Waals surface area contributed by atoms with Gasteiger partial charge in [-0.3, -0.25) is 4.99 Å². The second-order valence-electron chi connectivity index (χ2n) is 4.20. The van der Waals surface area contributed by atoms with Gasteiger partial charge in [0, 0.05) is 12.6 Å². The largest absolute Gasteiger partial charge is 0.370 e. The number of hydrogen-bond acceptors (Lipinski definition) is 3. The highest BCUT2D eigenvalue weighted by Gasteiger charge is 2.25. The lowest BCUT2D eigenvalue weighted by Gasteiger charge is -2.32. The highest BCUT2D eigenvalue weighted by atomic mass is 15.1. The van der Waals surface area contributed by atoms with E-state index in [1.165, 1.54) is 38.5 Å². The van der Waals surface area contributed by atoms with Gasteiger partial charge < -0.3 is 11.1 Å². The first-order chi connectivity index (χ1) is 6.36. The van der Waals surface area contributed by atoms with E-state index >= 15 is 0 Å². The summed E-state index contributed by atoms with van der Waals surface area (Å²) in [4.78, 5) is 4.16. The molecule has 1 saturated carbocycles. The summed E-state index contributed by atoms with van der Waals surface area (Å²) in [5.41, 5.74) is 5.67. The molecule has 74 valence electrons. The van der Waals surface area contributed by atoms with E-state index in [2.05, 4.69) is 10.3 Å². The summed E-state index contributed by atoms with van der Waals surface area (Å²) in [5.74, 6) is 1.50. The van der Waals surface area contributed by atoms with Crippen molar-refractivity contribution in [2.45, 2.75) is 44.6 Å². The van der Waals surface area contributed by atoms with E-state index in [1.807, 2.05) is 0 Å². The zero-order valence-corrected chi connectivity index (χ0v) is 8.13. The molecular formula is C10H19N3. The Balaban J connectivity index is 1.89. The van der Waals surface area contributed by atoms with Crippen LogP contribution in [-0.4, -0.2) is 18.5 Å². The molecule has 1 atom stereocenters. The van der Waals surface area contributed by atoms with E-state index in [4.69, 9.17) is 5.73 Å². The van der Waals surface area contributed by atoms with Crippen LogP contribution in [0.15, 0.2) is 4.99 Å². The summed E-state index contributed by atoms with van der Waals surface area (Å²) in [6, 6.07) is 0.609. The van der Waals surface area contributed by atoms with E-state index in [0.29, 0.717) is 12.0 Å². The number of nitrogens with one attached hydrogen (secondary N) is 1. The molecule has 0 bridgehead atoms. The molecule has 3 heteroatoms. The fourth-order valence-corrected chi connectivity index (χ4v) is 2.52. The first kappa shape index (κ1) is 8.85. The highest BCUT2D eigenvalue weighted by Crippen LogP contribution is 2.28. The van der Waals surface area contributed by atoms with Crippen LogP contribution in [0.1, 0.15) is 38.5 Å². The van der Waals surface area contributed by atoms with Crippen LogP contribution in [-0.2, 0) is 0 Å². The molecule has 1 unspecified atom stereocenters. The number of guanidine groups is 1. The lowest BCUT2D eigenvalue weighted by molar-refractivity contribution is 0.275. The van der Waals surface area contributed by atoms with Crippen molar-refractivity contribution in [1.29, 1.82) is 0 Å². The third kappa shape index (κ3) is 2.14. The van der Waals surface area contributed by atoms with Crippen molar-refractivity contribution < 1.29 is 0 Å². The Morgan fingerprint density at radius 3 is 2.62 bits per heavy atom. The monoisotopic (exact) mass is 181 g/mol. The lowest BCUT2D eigenvalue weighted by atomic mass is 9.82. The van der Waals surface area contributed by atoms with Gasteiger partial charge in [0.05, 0.1) is 0 Å². The number of rotatable bonds is 1. The fraction of sp³-hybridized carbons (Fsp3) is 0.900. The van der Waals surface area contributed by atoms with Crippen LogP contribution in [0, 0.1) is 5.92 Å². The summed E-state index contributed by atoms with van der Waals surface area (Å²) in [5, 5.41) is 3.31. The average molecular weight is 181 g/mol. The van der Waals surface area contributed by atoms with Crippen LogP contribution in [0.2, 0.25) is 0 Å². The Labute approximate surface area is 79.8 Å². The van der Waals surface area contributed by atoms with E-state index in [1.54, 1.807) is 0 Å². The van der Waals surface area contributed by atoms with Gasteiger partial charge in [-0.2, -0.15) is 0 Å². The van der Waals surface area contributed by atoms with Crippen molar-refractivity contribution in [3.63, 3.8) is 0 Å². The van der Waals surface area contributed by atoms with Crippen LogP contribution in [0.25, 0.3) is 0 Å². The van der Waals surface area contributed by atoms with Crippen LogP contribution in [0.5, 0.6) is 0 Å². The van der Waals surface area contributed by atoms with E-state index < -0.39 is 0 Å². The average Bonchev–Trinajstić information content (AvgIpc) is 2.19. The Bertz CT molecular complexity index is 194. The zero-order chi connectivity index (χ0) is 9.10. The highest BCUT2D eigenvalue weighted by molar-refractivity contribution is 5.78. The minimum Gasteiger partial charge on any atom is -0.370 e. The molecule has 0 amide bonds. The van der Waals surface area contributed by atoms with Gasteiger partial charge in [0.15, 0.2) is 5.96 Å². The standard InChI is InChI=1S/C10H19N3/c11-10-12-7-6-9(13-10)8-4-2-1-3-5-8/h8-9H,1-7H2,(H3,11,12,13). The van der Waals surface area contributed by atoms with Gasteiger partial charge in [-0.1, -0.05) is 19.3 Å². The van der Waals surface area contributed by atoms with Crippen molar-refractivity contribution in [3.8, 4) is 0 Å². The van der Waals surface area contributed by atoms with Crippen LogP contribution in [0.4, 0.5) is 0 Å². The summed E-state index contributed by atoms with van der Waals surface area (Å²) in [6.45, 7) is 0.917. The van der Waals surface area contributed by atoms with Crippen molar-refractivity contribution >= 4 is 5.96 Å². The first-order valence-electron chi connectivity index (χ1n) is 5.43. The summed E-state index contributed by atoms with van der Waals surface area (Å²) >= 11 is 0. The maximum Gasteiger partial charge on any atom is 0.188 e. The third-order valence-electron chi connectivity index (χ3n) is 3.27. The second kappa shape index (κ2) is 3.99. The summed E-state index contributed by atoms with van der Waals surface area (Å²) in [7, 11) is 0. The number of hydrogen-bond donors (Lipinski definition) is 2. The molecule has 0 aromatic rings. The van der Waals surface area contributed by atoms with Gasteiger partial charge in [0.1, 0.15) is 0 Å². The molecule has 0 aromatic carbocycles. The van der Waals surface area contributed by atoms with E-state index in [-0.39, 0.29) is 0 Å². The van der Waals surface area contributed by atoms with Gasteiger partial charge in [0.25, 0.3) is 0 Å². The second-order valence-corrected chi connectivity index (χ2v) is 4.20. The molecular weight excluding hydrogens is 162 g/mol. The van der Waals surface area contributed by atoms with Gasteiger partial charge in [0.2, 0.25) is 0 Å². The van der Waals surface area contributed by atoms with E-state index in [9.17, 15) is 0 Å². The Hall–Kier alpha value is -0.730. The molecule has 0 spiro atoms. The molecule has 0 saturated heterocycles. The van der Waals surface area contributed by atoms with Crippen molar-refractivity contribution in [1.82, 2.24) is 5.32 Å². The Morgan fingerprint density at radius 1 is 1.15 bits per heavy atom. The quantitative estimate of drug-likeness (QED) is 0.639. The molecule has 3 N–H and O–H groups in total. The Kier molecular flexibility index (Phi) is 2.71. The predicted molar refractivity (Wildman–Crippen MR) is 54.6 cm³/mol. The molecule has 13 heavy (non-hydrogen) atoms. The molecule has 1 heterocycles.